The Morgan fingerprint density at radius 2 is 2.13 bits per heavy atom. The summed E-state index contributed by atoms with van der Waals surface area (Å²) in [6, 6.07) is 1.80. The van der Waals surface area contributed by atoms with Gasteiger partial charge in [0.2, 0.25) is 0 Å². The van der Waals surface area contributed by atoms with Gasteiger partial charge < -0.3 is 0 Å². The molecule has 0 aliphatic carbocycles. The van der Waals surface area contributed by atoms with Gasteiger partial charge >= 0.3 is 5.69 Å². The number of aromatic amines is 1. The molecule has 0 saturated heterocycles. The summed E-state index contributed by atoms with van der Waals surface area (Å²) >= 11 is 0. The predicted octanol–water partition coefficient (Wildman–Crippen LogP) is 0.517. The molecule has 15 heavy (non-hydrogen) atoms. The van der Waals surface area contributed by atoms with Gasteiger partial charge in [0, 0.05) is 12.2 Å². The average molecular weight is 207 g/mol. The minimum absolute atomic E-state index is 0.0192. The Kier molecular flexibility index (Phi) is 3.45. The fraction of sp³-hybridized carbons (Fsp3) is 0.500. The van der Waals surface area contributed by atoms with Crippen LogP contribution in [-0.4, -0.2) is 9.55 Å². The summed E-state index contributed by atoms with van der Waals surface area (Å²) in [5, 5.41) is 8.75. The molecule has 0 aromatic carbocycles. The van der Waals surface area contributed by atoms with Gasteiger partial charge in [0.25, 0.3) is 5.56 Å². The smallest absolute Gasteiger partial charge is 0.297 e. The Labute approximate surface area is 87.0 Å². The molecule has 0 spiro atoms. The van der Waals surface area contributed by atoms with Crippen molar-refractivity contribution in [2.75, 3.05) is 0 Å². The van der Waals surface area contributed by atoms with Crippen molar-refractivity contribution in [3.05, 3.63) is 32.1 Å². The minimum atomic E-state index is -0.604. The van der Waals surface area contributed by atoms with Crippen LogP contribution in [0.25, 0.3) is 0 Å². The Bertz CT molecular complexity index is 505. The first-order valence-corrected chi connectivity index (χ1v) is 4.85. The van der Waals surface area contributed by atoms with Crippen molar-refractivity contribution in [3.8, 4) is 6.07 Å². The quantitative estimate of drug-likeness (QED) is 0.784. The van der Waals surface area contributed by atoms with E-state index in [9.17, 15) is 9.59 Å². The topological polar surface area (TPSA) is 78.7 Å². The zero-order chi connectivity index (χ0) is 11.4. The van der Waals surface area contributed by atoms with Gasteiger partial charge in [0.05, 0.1) is 0 Å². The summed E-state index contributed by atoms with van der Waals surface area (Å²) in [5.41, 5.74) is -0.580. The van der Waals surface area contributed by atoms with Crippen LogP contribution in [-0.2, 0) is 6.54 Å². The number of nitrogens with one attached hydrogen (secondary N) is 1. The molecular formula is C10H13N3O2. The normalized spacial score (nSPS) is 9.93. The van der Waals surface area contributed by atoms with Crippen LogP contribution in [0.5, 0.6) is 0 Å². The average Bonchev–Trinajstić information content (AvgIpc) is 2.17. The number of unbranched alkanes of at least 4 members (excludes halogenated alkanes) is 1. The van der Waals surface area contributed by atoms with Gasteiger partial charge in [-0.3, -0.25) is 14.3 Å². The third-order valence-corrected chi connectivity index (χ3v) is 2.31. The first-order valence-electron chi connectivity index (χ1n) is 4.85. The zero-order valence-corrected chi connectivity index (χ0v) is 8.83. The molecule has 1 aromatic heterocycles. The van der Waals surface area contributed by atoms with Crippen molar-refractivity contribution in [1.82, 2.24) is 9.55 Å². The second-order valence-electron chi connectivity index (χ2n) is 3.34. The lowest BCUT2D eigenvalue weighted by Gasteiger charge is -2.08. The largest absolute Gasteiger partial charge is 0.328 e. The second kappa shape index (κ2) is 4.60. The molecule has 80 valence electrons. The van der Waals surface area contributed by atoms with Crippen LogP contribution in [0.1, 0.15) is 31.0 Å². The van der Waals surface area contributed by atoms with E-state index >= 15 is 0 Å². The molecule has 1 rings (SSSR count). The number of H-pyrrole nitrogens is 1. The van der Waals surface area contributed by atoms with Crippen LogP contribution in [0, 0.1) is 18.3 Å². The van der Waals surface area contributed by atoms with E-state index in [4.69, 9.17) is 5.26 Å². The minimum Gasteiger partial charge on any atom is -0.297 e. The highest BCUT2D eigenvalue weighted by molar-refractivity contribution is 5.29. The van der Waals surface area contributed by atoms with Gasteiger partial charge in [-0.05, 0) is 13.3 Å². The molecule has 0 saturated carbocycles. The first-order chi connectivity index (χ1) is 7.11. The van der Waals surface area contributed by atoms with E-state index in [1.54, 1.807) is 13.0 Å². The first kappa shape index (κ1) is 11.2. The highest BCUT2D eigenvalue weighted by atomic mass is 16.2. The van der Waals surface area contributed by atoms with Gasteiger partial charge in [-0.2, -0.15) is 5.26 Å². The lowest BCUT2D eigenvalue weighted by molar-refractivity contribution is 0.580. The lowest BCUT2D eigenvalue weighted by Crippen LogP contribution is -2.33. The summed E-state index contributed by atoms with van der Waals surface area (Å²) in [6.07, 6.45) is 1.80. The summed E-state index contributed by atoms with van der Waals surface area (Å²) in [7, 11) is 0. The number of aromatic nitrogens is 2. The van der Waals surface area contributed by atoms with E-state index in [1.165, 1.54) is 4.57 Å². The molecule has 5 heteroatoms. The van der Waals surface area contributed by atoms with Crippen molar-refractivity contribution in [2.24, 2.45) is 0 Å². The third-order valence-electron chi connectivity index (χ3n) is 2.31. The third kappa shape index (κ3) is 2.15. The number of hydrogen-bond donors (Lipinski definition) is 1. The molecule has 0 amide bonds. The number of rotatable bonds is 3. The van der Waals surface area contributed by atoms with Crippen LogP contribution < -0.4 is 11.2 Å². The molecule has 0 unspecified atom stereocenters. The van der Waals surface area contributed by atoms with Crippen molar-refractivity contribution < 1.29 is 0 Å². The highest BCUT2D eigenvalue weighted by Crippen LogP contribution is 1.99. The fourth-order valence-corrected chi connectivity index (χ4v) is 1.40. The van der Waals surface area contributed by atoms with E-state index in [0.29, 0.717) is 12.2 Å². The fourth-order valence-electron chi connectivity index (χ4n) is 1.40. The Morgan fingerprint density at radius 3 is 2.67 bits per heavy atom. The maximum atomic E-state index is 11.4. The van der Waals surface area contributed by atoms with Crippen molar-refractivity contribution in [2.45, 2.75) is 33.2 Å². The van der Waals surface area contributed by atoms with Crippen LogP contribution in [0.4, 0.5) is 0 Å². The number of nitriles is 1. The van der Waals surface area contributed by atoms with Gasteiger partial charge in [-0.25, -0.2) is 4.79 Å². The van der Waals surface area contributed by atoms with Gasteiger partial charge in [-0.1, -0.05) is 13.3 Å². The molecule has 0 radical (unpaired) electrons. The summed E-state index contributed by atoms with van der Waals surface area (Å²) < 4.78 is 1.43. The van der Waals surface area contributed by atoms with Crippen molar-refractivity contribution in [3.63, 3.8) is 0 Å². The molecule has 0 fully saturated rings. The summed E-state index contributed by atoms with van der Waals surface area (Å²) in [4.78, 5) is 24.8. The molecule has 1 heterocycles. The number of nitrogens with zero attached hydrogens (tertiary/aromatic N) is 2. The number of hydrogen-bond acceptors (Lipinski definition) is 3. The van der Waals surface area contributed by atoms with E-state index in [0.717, 1.165) is 12.8 Å². The van der Waals surface area contributed by atoms with Crippen molar-refractivity contribution in [1.29, 1.82) is 5.26 Å². The molecule has 0 bridgehead atoms. The Morgan fingerprint density at radius 1 is 1.47 bits per heavy atom. The van der Waals surface area contributed by atoms with Crippen LogP contribution in [0.2, 0.25) is 0 Å². The van der Waals surface area contributed by atoms with Gasteiger partial charge in [0.1, 0.15) is 11.6 Å². The predicted molar refractivity (Wildman–Crippen MR) is 55.7 cm³/mol. The second-order valence-corrected chi connectivity index (χ2v) is 3.34. The van der Waals surface area contributed by atoms with Crippen LogP contribution in [0.15, 0.2) is 9.59 Å². The maximum Gasteiger partial charge on any atom is 0.328 e. The summed E-state index contributed by atoms with van der Waals surface area (Å²) in [6.45, 7) is 4.16. The Balaban J connectivity index is 3.35. The monoisotopic (exact) mass is 207 g/mol. The van der Waals surface area contributed by atoms with E-state index in [2.05, 4.69) is 4.98 Å². The summed E-state index contributed by atoms with van der Waals surface area (Å²) in [5.74, 6) is 0. The maximum absolute atomic E-state index is 11.4. The molecule has 1 aromatic rings. The van der Waals surface area contributed by atoms with Gasteiger partial charge in [-0.15, -0.1) is 0 Å². The highest BCUT2D eigenvalue weighted by Gasteiger charge is 2.09. The molecular weight excluding hydrogens is 194 g/mol. The SMILES string of the molecule is CCCCn1c(C)c(C#N)c(=O)[nH]c1=O. The van der Waals surface area contributed by atoms with Crippen LogP contribution >= 0.6 is 0 Å². The Hall–Kier alpha value is -1.83. The molecule has 5 nitrogen and oxygen atoms in total. The molecule has 0 aliphatic heterocycles. The van der Waals surface area contributed by atoms with E-state index < -0.39 is 11.2 Å². The van der Waals surface area contributed by atoms with Crippen molar-refractivity contribution >= 4 is 0 Å². The van der Waals surface area contributed by atoms with Gasteiger partial charge in [0.15, 0.2) is 0 Å². The molecule has 1 N–H and O–H groups in total. The van der Waals surface area contributed by atoms with E-state index in [-0.39, 0.29) is 5.56 Å². The standard InChI is InChI=1S/C10H13N3O2/c1-3-4-5-13-7(2)8(6-11)9(14)12-10(13)15/h3-5H2,1-2H3,(H,12,14,15). The molecule has 0 atom stereocenters. The zero-order valence-electron chi connectivity index (χ0n) is 8.83. The lowest BCUT2D eigenvalue weighted by atomic mass is 10.2. The molecule has 0 aliphatic rings. The van der Waals surface area contributed by atoms with E-state index in [1.807, 2.05) is 6.92 Å². The van der Waals surface area contributed by atoms with Crippen LogP contribution in [0.3, 0.4) is 0 Å².